The predicted molar refractivity (Wildman–Crippen MR) is 276 cm³/mol. The highest BCUT2D eigenvalue weighted by Gasteiger charge is 2.36. The standard InChI is InChI=1S/C62H47NSi/c1-8-22-49(23-9-1)54-46-60(52-24-10-2-11-25-52)62(61(47-54)53-26-12-3-13-27-53)63(55-28-14-4-15-29-55)56-42-40-51(41-43-56)50-38-36-48(37-39-50)44-45-64(57-30-16-5-17-31-57,58-32-18-6-19-33-58)59-34-20-7-21-35-59/h1-47H/b45-44+. The molecule has 0 amide bonds. The summed E-state index contributed by atoms with van der Waals surface area (Å²) in [6, 6.07) is 99.0. The van der Waals surface area contributed by atoms with Crippen molar-refractivity contribution in [3.05, 3.63) is 284 Å². The second-order valence-electron chi connectivity index (χ2n) is 16.1. The van der Waals surface area contributed by atoms with Gasteiger partial charge in [0, 0.05) is 22.5 Å². The lowest BCUT2D eigenvalue weighted by Gasteiger charge is -2.31. The van der Waals surface area contributed by atoms with E-state index < -0.39 is 8.07 Å². The third-order valence-electron chi connectivity index (χ3n) is 12.2. The number of anilines is 3. The minimum absolute atomic E-state index is 1.08. The van der Waals surface area contributed by atoms with Crippen LogP contribution in [0, 0.1) is 0 Å². The Bertz CT molecular complexity index is 2920. The molecule has 0 atom stereocenters. The van der Waals surface area contributed by atoms with E-state index in [1.165, 1.54) is 43.4 Å². The smallest absolute Gasteiger partial charge is 0.172 e. The van der Waals surface area contributed by atoms with Crippen LogP contribution in [0.25, 0.3) is 50.6 Å². The highest BCUT2D eigenvalue weighted by atomic mass is 28.3. The lowest BCUT2D eigenvalue weighted by atomic mass is 9.89. The Morgan fingerprint density at radius 2 is 0.609 bits per heavy atom. The van der Waals surface area contributed by atoms with E-state index in [2.05, 4.69) is 290 Å². The molecule has 0 aromatic heterocycles. The van der Waals surface area contributed by atoms with E-state index >= 15 is 0 Å². The largest absolute Gasteiger partial charge is 0.309 e. The molecule has 0 unspecified atom stereocenters. The minimum atomic E-state index is -2.51. The van der Waals surface area contributed by atoms with Crippen LogP contribution in [0.5, 0.6) is 0 Å². The molecule has 1 nitrogen and oxygen atoms in total. The fourth-order valence-electron chi connectivity index (χ4n) is 9.04. The van der Waals surface area contributed by atoms with Crippen molar-refractivity contribution in [2.24, 2.45) is 0 Å². The van der Waals surface area contributed by atoms with Crippen LogP contribution in [0.2, 0.25) is 0 Å². The molecule has 64 heavy (non-hydrogen) atoms. The van der Waals surface area contributed by atoms with E-state index in [4.69, 9.17) is 0 Å². The van der Waals surface area contributed by atoms with Gasteiger partial charge in [-0.05, 0) is 90.9 Å². The van der Waals surface area contributed by atoms with Gasteiger partial charge in [-0.2, -0.15) is 0 Å². The number of para-hydroxylation sites is 1. The molecule has 0 fully saturated rings. The lowest BCUT2D eigenvalue weighted by Crippen LogP contribution is -2.66. The SMILES string of the molecule is C(=C\[Si](c1ccccc1)(c1ccccc1)c1ccccc1)/c1ccc(-c2ccc(N(c3ccccc3)c3c(-c4ccccc4)cc(-c4ccccc4)cc3-c3ccccc3)cc2)cc1. The number of benzene rings is 10. The Hall–Kier alpha value is -8.04. The summed E-state index contributed by atoms with van der Waals surface area (Å²) < 4.78 is 0. The van der Waals surface area contributed by atoms with E-state index in [1.54, 1.807) is 0 Å². The van der Waals surface area contributed by atoms with Crippen molar-refractivity contribution in [3.8, 4) is 44.5 Å². The number of nitrogens with zero attached hydrogens (tertiary/aromatic N) is 1. The van der Waals surface area contributed by atoms with Crippen molar-refractivity contribution in [1.82, 2.24) is 0 Å². The second kappa shape index (κ2) is 18.5. The van der Waals surface area contributed by atoms with Gasteiger partial charge in [0.25, 0.3) is 0 Å². The summed E-state index contributed by atoms with van der Waals surface area (Å²) in [6.07, 6.45) is 2.33. The summed E-state index contributed by atoms with van der Waals surface area (Å²) in [4.78, 5) is 2.43. The van der Waals surface area contributed by atoms with Crippen molar-refractivity contribution in [2.45, 2.75) is 0 Å². The molecule has 0 N–H and O–H groups in total. The van der Waals surface area contributed by atoms with Crippen LogP contribution in [-0.4, -0.2) is 8.07 Å². The average molecular weight is 834 g/mol. The second-order valence-corrected chi connectivity index (χ2v) is 19.8. The summed E-state index contributed by atoms with van der Waals surface area (Å²) in [5, 5.41) is 4.09. The van der Waals surface area contributed by atoms with Crippen molar-refractivity contribution >= 4 is 46.8 Å². The van der Waals surface area contributed by atoms with Crippen molar-refractivity contribution in [3.63, 3.8) is 0 Å². The summed E-state index contributed by atoms with van der Waals surface area (Å²) in [6.45, 7) is 0. The molecule has 0 aliphatic carbocycles. The van der Waals surface area contributed by atoms with E-state index in [-0.39, 0.29) is 0 Å². The quantitative estimate of drug-likeness (QED) is 0.0875. The molecule has 0 bridgehead atoms. The molecule has 10 aromatic rings. The van der Waals surface area contributed by atoms with Gasteiger partial charge in [-0.1, -0.05) is 248 Å². The monoisotopic (exact) mass is 833 g/mol. The Morgan fingerprint density at radius 1 is 0.281 bits per heavy atom. The summed E-state index contributed by atoms with van der Waals surface area (Å²) in [7, 11) is -2.51. The Morgan fingerprint density at radius 3 is 1.03 bits per heavy atom. The van der Waals surface area contributed by atoms with Crippen LogP contribution in [0.4, 0.5) is 17.1 Å². The zero-order valence-corrected chi connectivity index (χ0v) is 36.6. The topological polar surface area (TPSA) is 3.24 Å². The van der Waals surface area contributed by atoms with E-state index in [0.29, 0.717) is 0 Å². The van der Waals surface area contributed by atoms with Crippen LogP contribution in [0.1, 0.15) is 5.56 Å². The average Bonchev–Trinajstić information content (AvgIpc) is 3.39. The lowest BCUT2D eigenvalue weighted by molar-refractivity contribution is 1.28. The predicted octanol–water partition coefficient (Wildman–Crippen LogP) is 14.5. The van der Waals surface area contributed by atoms with Gasteiger partial charge in [-0.25, -0.2) is 0 Å². The highest BCUT2D eigenvalue weighted by Crippen LogP contribution is 2.48. The maximum atomic E-state index is 2.51. The molecule has 0 radical (unpaired) electrons. The molecular weight excluding hydrogens is 787 g/mol. The molecule has 0 aliphatic heterocycles. The summed E-state index contributed by atoms with van der Waals surface area (Å²) in [5.41, 5.74) is 16.4. The molecule has 304 valence electrons. The third-order valence-corrected chi connectivity index (χ3v) is 16.6. The zero-order valence-electron chi connectivity index (χ0n) is 35.6. The number of hydrogen-bond acceptors (Lipinski definition) is 1. The van der Waals surface area contributed by atoms with Crippen molar-refractivity contribution < 1.29 is 0 Å². The van der Waals surface area contributed by atoms with Crippen LogP contribution in [0.15, 0.2) is 279 Å². The van der Waals surface area contributed by atoms with Crippen LogP contribution < -0.4 is 20.5 Å². The minimum Gasteiger partial charge on any atom is -0.309 e. The molecule has 0 spiro atoms. The molecular formula is C62H47NSi. The molecule has 0 heterocycles. The first-order chi connectivity index (χ1) is 31.7. The molecule has 2 heteroatoms. The van der Waals surface area contributed by atoms with Gasteiger partial charge in [0.15, 0.2) is 8.07 Å². The number of hydrogen-bond donors (Lipinski definition) is 0. The van der Waals surface area contributed by atoms with Gasteiger partial charge in [-0.3, -0.25) is 0 Å². The first-order valence-electron chi connectivity index (χ1n) is 22.0. The van der Waals surface area contributed by atoms with Crippen molar-refractivity contribution in [1.29, 1.82) is 0 Å². The summed E-state index contributed by atoms with van der Waals surface area (Å²) >= 11 is 0. The molecule has 10 aromatic carbocycles. The third kappa shape index (κ3) is 8.19. The van der Waals surface area contributed by atoms with Crippen LogP contribution in [-0.2, 0) is 0 Å². The van der Waals surface area contributed by atoms with E-state index in [1.807, 2.05) is 0 Å². The zero-order chi connectivity index (χ0) is 43.0. The first-order valence-corrected chi connectivity index (χ1v) is 24.1. The maximum Gasteiger partial charge on any atom is 0.172 e. The fraction of sp³-hybridized carbons (Fsp3) is 0. The first kappa shape index (κ1) is 40.1. The normalized spacial score (nSPS) is 11.4. The van der Waals surface area contributed by atoms with Gasteiger partial charge in [0.05, 0.1) is 5.69 Å². The van der Waals surface area contributed by atoms with Gasteiger partial charge < -0.3 is 4.90 Å². The van der Waals surface area contributed by atoms with Gasteiger partial charge >= 0.3 is 0 Å². The molecule has 0 saturated carbocycles. The number of rotatable bonds is 12. The Balaban J connectivity index is 1.05. The van der Waals surface area contributed by atoms with Gasteiger partial charge in [0.1, 0.15) is 0 Å². The Kier molecular flexibility index (Phi) is 11.6. The Labute approximate surface area is 378 Å². The van der Waals surface area contributed by atoms with Crippen LogP contribution in [0.3, 0.4) is 0 Å². The maximum absolute atomic E-state index is 2.51. The fourth-order valence-corrected chi connectivity index (χ4v) is 13.2. The van der Waals surface area contributed by atoms with Crippen molar-refractivity contribution in [2.75, 3.05) is 4.90 Å². The molecule has 0 saturated heterocycles. The van der Waals surface area contributed by atoms with E-state index in [9.17, 15) is 0 Å². The van der Waals surface area contributed by atoms with Gasteiger partial charge in [-0.15, -0.1) is 0 Å². The van der Waals surface area contributed by atoms with Crippen LogP contribution >= 0.6 is 0 Å². The summed E-state index contributed by atoms with van der Waals surface area (Å²) in [5.74, 6) is 0. The molecule has 10 rings (SSSR count). The highest BCUT2D eigenvalue weighted by molar-refractivity contribution is 7.15. The van der Waals surface area contributed by atoms with Gasteiger partial charge in [0.2, 0.25) is 0 Å². The van der Waals surface area contributed by atoms with E-state index in [0.717, 1.165) is 39.3 Å². The molecule has 0 aliphatic rings.